The summed E-state index contributed by atoms with van der Waals surface area (Å²) < 4.78 is 21.7. The van der Waals surface area contributed by atoms with Gasteiger partial charge >= 0.3 is 5.97 Å². The Morgan fingerprint density at radius 2 is 2.18 bits per heavy atom. The average molecular weight is 240 g/mol. The standard InChI is InChI=1S/C12H16O5/c1-14-11(13)9-7-15-10-6-12(3-2-8(9)10)16-4-5-17-12/h10H,2-7H2,1H3. The molecule has 0 bridgehead atoms. The molecule has 3 rings (SSSR count). The van der Waals surface area contributed by atoms with E-state index < -0.39 is 5.79 Å². The normalized spacial score (nSPS) is 30.8. The molecular formula is C12H16O5. The van der Waals surface area contributed by atoms with Gasteiger partial charge < -0.3 is 18.9 Å². The van der Waals surface area contributed by atoms with Crippen molar-refractivity contribution in [3.05, 3.63) is 11.1 Å². The van der Waals surface area contributed by atoms with Crippen molar-refractivity contribution in [2.75, 3.05) is 26.9 Å². The van der Waals surface area contributed by atoms with Crippen LogP contribution in [0.5, 0.6) is 0 Å². The Bertz CT molecular complexity index is 367. The quantitative estimate of drug-likeness (QED) is 0.634. The summed E-state index contributed by atoms with van der Waals surface area (Å²) in [6, 6.07) is 0. The van der Waals surface area contributed by atoms with E-state index in [4.69, 9.17) is 18.9 Å². The summed E-state index contributed by atoms with van der Waals surface area (Å²) >= 11 is 0. The molecule has 2 fully saturated rings. The van der Waals surface area contributed by atoms with Crippen LogP contribution in [0.3, 0.4) is 0 Å². The minimum atomic E-state index is -0.472. The molecule has 0 aromatic heterocycles. The summed E-state index contributed by atoms with van der Waals surface area (Å²) in [5.41, 5.74) is 1.76. The molecule has 0 amide bonds. The summed E-state index contributed by atoms with van der Waals surface area (Å²) in [4.78, 5) is 11.6. The lowest BCUT2D eigenvalue weighted by Gasteiger charge is -2.35. The predicted octanol–water partition coefficient (Wildman–Crippen LogP) is 0.782. The van der Waals surface area contributed by atoms with Crippen LogP contribution in [0.2, 0.25) is 0 Å². The lowest BCUT2D eigenvalue weighted by Crippen LogP contribution is -2.39. The van der Waals surface area contributed by atoms with Crippen LogP contribution in [0.15, 0.2) is 11.1 Å². The third-order valence-corrected chi connectivity index (χ3v) is 3.72. The van der Waals surface area contributed by atoms with Gasteiger partial charge in [-0.1, -0.05) is 0 Å². The first-order valence-electron chi connectivity index (χ1n) is 5.94. The molecule has 0 aromatic carbocycles. The minimum Gasteiger partial charge on any atom is -0.466 e. The van der Waals surface area contributed by atoms with Crippen LogP contribution in [0.1, 0.15) is 19.3 Å². The molecule has 1 saturated carbocycles. The van der Waals surface area contributed by atoms with Crippen LogP contribution in [-0.4, -0.2) is 44.8 Å². The maximum absolute atomic E-state index is 11.6. The maximum Gasteiger partial charge on any atom is 0.336 e. The van der Waals surface area contributed by atoms with E-state index in [0.29, 0.717) is 31.8 Å². The molecule has 1 saturated heterocycles. The molecule has 1 aliphatic carbocycles. The average Bonchev–Trinajstić information content (AvgIpc) is 2.95. The molecule has 2 heterocycles. The number of esters is 1. The molecule has 5 nitrogen and oxygen atoms in total. The molecule has 5 heteroatoms. The predicted molar refractivity (Wildman–Crippen MR) is 57.3 cm³/mol. The summed E-state index contributed by atoms with van der Waals surface area (Å²) in [6.45, 7) is 1.65. The molecule has 1 atom stereocenters. The minimum absolute atomic E-state index is 0.0454. The zero-order chi connectivity index (χ0) is 11.9. The zero-order valence-corrected chi connectivity index (χ0v) is 9.86. The van der Waals surface area contributed by atoms with Gasteiger partial charge in [0.1, 0.15) is 0 Å². The number of ether oxygens (including phenoxy) is 4. The fraction of sp³-hybridized carbons (Fsp3) is 0.750. The maximum atomic E-state index is 11.6. The lowest BCUT2D eigenvalue weighted by atomic mass is 9.86. The summed E-state index contributed by atoms with van der Waals surface area (Å²) in [5.74, 6) is -0.744. The van der Waals surface area contributed by atoms with Gasteiger partial charge in [-0.25, -0.2) is 4.79 Å². The molecule has 94 valence electrons. The second kappa shape index (κ2) is 4.08. The van der Waals surface area contributed by atoms with Crippen LogP contribution in [0.4, 0.5) is 0 Å². The van der Waals surface area contributed by atoms with E-state index in [2.05, 4.69) is 0 Å². The Kier molecular flexibility index (Phi) is 2.69. The van der Waals surface area contributed by atoms with Gasteiger partial charge in [0, 0.05) is 12.8 Å². The highest BCUT2D eigenvalue weighted by atomic mass is 16.7. The van der Waals surface area contributed by atoms with Gasteiger partial charge in [-0.15, -0.1) is 0 Å². The van der Waals surface area contributed by atoms with Crippen molar-refractivity contribution in [1.82, 2.24) is 0 Å². The van der Waals surface area contributed by atoms with Gasteiger partial charge in [-0.05, 0) is 12.0 Å². The van der Waals surface area contributed by atoms with Gasteiger partial charge in [0.15, 0.2) is 5.79 Å². The summed E-state index contributed by atoms with van der Waals surface area (Å²) in [7, 11) is 1.40. The van der Waals surface area contributed by atoms with Gasteiger partial charge in [0.2, 0.25) is 0 Å². The number of methoxy groups -OCH3 is 1. The molecule has 0 aromatic rings. The fourth-order valence-electron chi connectivity index (χ4n) is 2.85. The van der Waals surface area contributed by atoms with E-state index in [1.165, 1.54) is 7.11 Å². The highest BCUT2D eigenvalue weighted by Gasteiger charge is 2.46. The lowest BCUT2D eigenvalue weighted by molar-refractivity contribution is -0.188. The summed E-state index contributed by atoms with van der Waals surface area (Å²) in [5, 5.41) is 0. The van der Waals surface area contributed by atoms with Crippen LogP contribution in [0, 0.1) is 0 Å². The number of fused-ring (bicyclic) bond motifs is 1. The molecule has 2 aliphatic heterocycles. The molecule has 3 aliphatic rings. The SMILES string of the molecule is COC(=O)C1=C2CCC3(CC2OC1)OCCO3. The first-order valence-corrected chi connectivity index (χ1v) is 5.94. The van der Waals surface area contributed by atoms with Crippen molar-refractivity contribution in [2.24, 2.45) is 0 Å². The molecule has 1 unspecified atom stereocenters. The highest BCUT2D eigenvalue weighted by Crippen LogP contribution is 2.43. The second-order valence-electron chi connectivity index (χ2n) is 4.61. The Balaban J connectivity index is 1.79. The van der Waals surface area contributed by atoms with Crippen molar-refractivity contribution < 1.29 is 23.7 Å². The van der Waals surface area contributed by atoms with Crippen LogP contribution in [-0.2, 0) is 23.7 Å². The number of rotatable bonds is 1. The van der Waals surface area contributed by atoms with Crippen molar-refractivity contribution >= 4 is 5.97 Å². The van der Waals surface area contributed by atoms with Crippen LogP contribution < -0.4 is 0 Å². The van der Waals surface area contributed by atoms with Crippen molar-refractivity contribution in [1.29, 1.82) is 0 Å². The van der Waals surface area contributed by atoms with Crippen molar-refractivity contribution in [3.8, 4) is 0 Å². The fourth-order valence-corrected chi connectivity index (χ4v) is 2.85. The Morgan fingerprint density at radius 3 is 2.88 bits per heavy atom. The topological polar surface area (TPSA) is 54.0 Å². The first kappa shape index (κ1) is 11.2. The highest BCUT2D eigenvalue weighted by molar-refractivity contribution is 5.90. The van der Waals surface area contributed by atoms with E-state index in [0.717, 1.165) is 18.4 Å². The smallest absolute Gasteiger partial charge is 0.336 e. The van der Waals surface area contributed by atoms with E-state index in [1.807, 2.05) is 0 Å². The molecular weight excluding hydrogens is 224 g/mol. The van der Waals surface area contributed by atoms with Crippen molar-refractivity contribution in [3.63, 3.8) is 0 Å². The second-order valence-corrected chi connectivity index (χ2v) is 4.61. The van der Waals surface area contributed by atoms with Gasteiger partial charge in [-0.2, -0.15) is 0 Å². The number of carbonyl (C=O) groups excluding carboxylic acids is 1. The van der Waals surface area contributed by atoms with E-state index in [9.17, 15) is 4.79 Å². The van der Waals surface area contributed by atoms with Gasteiger partial charge in [-0.3, -0.25) is 0 Å². The number of hydrogen-bond donors (Lipinski definition) is 0. The third kappa shape index (κ3) is 1.78. The first-order chi connectivity index (χ1) is 8.24. The van der Waals surface area contributed by atoms with Crippen LogP contribution in [0.25, 0.3) is 0 Å². The Morgan fingerprint density at radius 1 is 1.41 bits per heavy atom. The number of carbonyl (C=O) groups is 1. The summed E-state index contributed by atoms with van der Waals surface area (Å²) in [6.07, 6.45) is 2.22. The van der Waals surface area contributed by atoms with Gasteiger partial charge in [0.25, 0.3) is 0 Å². The molecule has 0 radical (unpaired) electrons. The third-order valence-electron chi connectivity index (χ3n) is 3.72. The monoisotopic (exact) mass is 240 g/mol. The molecule has 1 spiro atoms. The Hall–Kier alpha value is -0.910. The van der Waals surface area contributed by atoms with Crippen LogP contribution >= 0.6 is 0 Å². The zero-order valence-electron chi connectivity index (χ0n) is 9.86. The van der Waals surface area contributed by atoms with E-state index in [1.54, 1.807) is 0 Å². The molecule has 0 N–H and O–H groups in total. The van der Waals surface area contributed by atoms with Gasteiger partial charge in [0.05, 0.1) is 38.6 Å². The Labute approximate surface area is 99.7 Å². The molecule has 17 heavy (non-hydrogen) atoms. The largest absolute Gasteiger partial charge is 0.466 e. The van der Waals surface area contributed by atoms with Crippen molar-refractivity contribution in [2.45, 2.75) is 31.2 Å². The van der Waals surface area contributed by atoms with E-state index >= 15 is 0 Å². The van der Waals surface area contributed by atoms with E-state index in [-0.39, 0.29) is 12.1 Å². The number of hydrogen-bond acceptors (Lipinski definition) is 5.